The number of rotatable bonds is 6. The van der Waals surface area contributed by atoms with E-state index < -0.39 is 0 Å². The predicted molar refractivity (Wildman–Crippen MR) is 77.4 cm³/mol. The minimum atomic E-state index is -0.229. The minimum absolute atomic E-state index is 0.229. The summed E-state index contributed by atoms with van der Waals surface area (Å²) in [5.41, 5.74) is 2.08. The van der Waals surface area contributed by atoms with Crippen molar-refractivity contribution < 1.29 is 13.9 Å². The molecule has 0 fully saturated rings. The first-order chi connectivity index (χ1) is 10.1. The van der Waals surface area contributed by atoms with Gasteiger partial charge >= 0.3 is 5.97 Å². The van der Waals surface area contributed by atoms with Crippen LogP contribution in [0.15, 0.2) is 28.7 Å². The molecule has 112 valence electrons. The molecule has 1 aromatic heterocycles. The standard InChI is InChI=1S/C15H19N3O3/c1-11-4-6-12(7-5-11)15-17-16-13(21-15)10-18(2)9-8-14(19)20-3/h4-7H,8-10H2,1-3H3. The molecule has 0 saturated carbocycles. The first-order valence-electron chi connectivity index (χ1n) is 6.73. The molecule has 0 atom stereocenters. The Morgan fingerprint density at radius 3 is 2.67 bits per heavy atom. The molecule has 6 heteroatoms. The number of esters is 1. The van der Waals surface area contributed by atoms with Gasteiger partial charge in [0.1, 0.15) is 0 Å². The molecule has 1 heterocycles. The van der Waals surface area contributed by atoms with Gasteiger partial charge in [-0.25, -0.2) is 0 Å². The fraction of sp³-hybridized carbons (Fsp3) is 0.400. The van der Waals surface area contributed by atoms with E-state index in [1.807, 2.05) is 43.1 Å². The number of hydrogen-bond acceptors (Lipinski definition) is 6. The summed E-state index contributed by atoms with van der Waals surface area (Å²) < 4.78 is 10.2. The van der Waals surface area contributed by atoms with Crippen molar-refractivity contribution in [3.05, 3.63) is 35.7 Å². The molecule has 1 aromatic carbocycles. The van der Waals surface area contributed by atoms with Gasteiger partial charge in [-0.3, -0.25) is 9.69 Å². The molecule has 2 rings (SSSR count). The smallest absolute Gasteiger partial charge is 0.306 e. The van der Waals surface area contributed by atoms with Crippen LogP contribution in [0.2, 0.25) is 0 Å². The molecule has 0 aliphatic rings. The van der Waals surface area contributed by atoms with Crippen molar-refractivity contribution in [1.82, 2.24) is 15.1 Å². The van der Waals surface area contributed by atoms with Gasteiger partial charge in [0.15, 0.2) is 0 Å². The van der Waals surface area contributed by atoms with Crippen molar-refractivity contribution in [3.63, 3.8) is 0 Å². The molecule has 0 unspecified atom stereocenters. The number of methoxy groups -OCH3 is 1. The van der Waals surface area contributed by atoms with Crippen LogP contribution in [0.4, 0.5) is 0 Å². The number of carbonyl (C=O) groups excluding carboxylic acids is 1. The van der Waals surface area contributed by atoms with Crippen LogP contribution in [-0.2, 0) is 16.1 Å². The molecular formula is C15H19N3O3. The van der Waals surface area contributed by atoms with E-state index in [1.165, 1.54) is 12.7 Å². The third-order valence-corrected chi connectivity index (χ3v) is 3.10. The maximum absolute atomic E-state index is 11.1. The van der Waals surface area contributed by atoms with Crippen molar-refractivity contribution in [3.8, 4) is 11.5 Å². The highest BCUT2D eigenvalue weighted by Crippen LogP contribution is 2.18. The number of aryl methyl sites for hydroxylation is 1. The molecule has 0 N–H and O–H groups in total. The summed E-state index contributed by atoms with van der Waals surface area (Å²) in [6.45, 7) is 3.10. The maximum atomic E-state index is 11.1. The second-order valence-corrected chi connectivity index (χ2v) is 4.93. The fourth-order valence-corrected chi connectivity index (χ4v) is 1.82. The van der Waals surface area contributed by atoms with Crippen LogP contribution in [-0.4, -0.2) is 41.8 Å². The summed E-state index contributed by atoms with van der Waals surface area (Å²) in [7, 11) is 3.27. The summed E-state index contributed by atoms with van der Waals surface area (Å²) >= 11 is 0. The maximum Gasteiger partial charge on any atom is 0.306 e. The average Bonchev–Trinajstić information content (AvgIpc) is 2.94. The first-order valence-corrected chi connectivity index (χ1v) is 6.73. The van der Waals surface area contributed by atoms with Gasteiger partial charge in [-0.05, 0) is 26.1 Å². The Balaban J connectivity index is 1.93. The number of hydrogen-bond donors (Lipinski definition) is 0. The number of carbonyl (C=O) groups is 1. The van der Waals surface area contributed by atoms with Gasteiger partial charge in [-0.1, -0.05) is 17.7 Å². The summed E-state index contributed by atoms with van der Waals surface area (Å²) in [6.07, 6.45) is 0.339. The molecule has 0 radical (unpaired) electrons. The highest BCUT2D eigenvalue weighted by Gasteiger charge is 2.11. The molecule has 21 heavy (non-hydrogen) atoms. The van der Waals surface area contributed by atoms with Crippen LogP contribution in [0, 0.1) is 6.92 Å². The zero-order valence-corrected chi connectivity index (χ0v) is 12.5. The molecule has 0 saturated heterocycles. The summed E-state index contributed by atoms with van der Waals surface area (Å²) in [5.74, 6) is 0.803. The second-order valence-electron chi connectivity index (χ2n) is 4.93. The predicted octanol–water partition coefficient (Wildman–Crippen LogP) is 2.04. The SMILES string of the molecule is COC(=O)CCN(C)Cc1nnc(-c2ccc(C)cc2)o1. The van der Waals surface area contributed by atoms with E-state index >= 15 is 0 Å². The lowest BCUT2D eigenvalue weighted by atomic mass is 10.1. The van der Waals surface area contributed by atoms with Crippen LogP contribution < -0.4 is 0 Å². The molecular weight excluding hydrogens is 270 g/mol. The van der Waals surface area contributed by atoms with Crippen LogP contribution >= 0.6 is 0 Å². The largest absolute Gasteiger partial charge is 0.469 e. The lowest BCUT2D eigenvalue weighted by Crippen LogP contribution is -2.22. The van der Waals surface area contributed by atoms with Gasteiger partial charge in [0.25, 0.3) is 0 Å². The fourth-order valence-electron chi connectivity index (χ4n) is 1.82. The number of nitrogens with zero attached hydrogens (tertiary/aromatic N) is 3. The zero-order chi connectivity index (χ0) is 15.2. The van der Waals surface area contributed by atoms with Crippen LogP contribution in [0.1, 0.15) is 17.9 Å². The van der Waals surface area contributed by atoms with Gasteiger partial charge in [-0.15, -0.1) is 10.2 Å². The van der Waals surface area contributed by atoms with E-state index in [0.717, 1.165) is 5.56 Å². The molecule has 2 aromatic rings. The number of aromatic nitrogens is 2. The molecule has 6 nitrogen and oxygen atoms in total. The Morgan fingerprint density at radius 1 is 1.29 bits per heavy atom. The Hall–Kier alpha value is -2.21. The highest BCUT2D eigenvalue weighted by atomic mass is 16.5. The van der Waals surface area contributed by atoms with Gasteiger partial charge in [0.05, 0.1) is 20.1 Å². The number of ether oxygens (including phenoxy) is 1. The summed E-state index contributed by atoms with van der Waals surface area (Å²) in [6, 6.07) is 7.91. The third-order valence-electron chi connectivity index (χ3n) is 3.10. The molecule has 0 aliphatic carbocycles. The molecule has 0 amide bonds. The lowest BCUT2D eigenvalue weighted by molar-refractivity contribution is -0.140. The third kappa shape index (κ3) is 4.39. The van der Waals surface area contributed by atoms with Gasteiger partial charge in [0.2, 0.25) is 11.8 Å². The average molecular weight is 289 g/mol. The Labute approximate surface area is 123 Å². The van der Waals surface area contributed by atoms with Crippen molar-refractivity contribution >= 4 is 5.97 Å². The minimum Gasteiger partial charge on any atom is -0.469 e. The Morgan fingerprint density at radius 2 is 2.00 bits per heavy atom. The Bertz CT molecular complexity index is 592. The monoisotopic (exact) mass is 289 g/mol. The topological polar surface area (TPSA) is 68.5 Å². The highest BCUT2D eigenvalue weighted by molar-refractivity contribution is 5.69. The quantitative estimate of drug-likeness (QED) is 0.758. The van der Waals surface area contributed by atoms with Gasteiger partial charge in [-0.2, -0.15) is 0 Å². The van der Waals surface area contributed by atoms with E-state index in [9.17, 15) is 4.79 Å². The van der Waals surface area contributed by atoms with E-state index in [4.69, 9.17) is 4.42 Å². The lowest BCUT2D eigenvalue weighted by Gasteiger charge is -2.12. The first kappa shape index (κ1) is 15.2. The Kier molecular flexibility index (Phi) is 5.05. The number of benzene rings is 1. The second kappa shape index (κ2) is 6.99. The van der Waals surface area contributed by atoms with Crippen LogP contribution in [0.5, 0.6) is 0 Å². The van der Waals surface area contributed by atoms with E-state index in [-0.39, 0.29) is 5.97 Å². The van der Waals surface area contributed by atoms with Crippen molar-refractivity contribution in [1.29, 1.82) is 0 Å². The van der Waals surface area contributed by atoms with Gasteiger partial charge in [0, 0.05) is 12.1 Å². The molecule has 0 aliphatic heterocycles. The normalized spacial score (nSPS) is 10.9. The van der Waals surface area contributed by atoms with Gasteiger partial charge < -0.3 is 9.15 Å². The van der Waals surface area contributed by atoms with Crippen LogP contribution in [0.25, 0.3) is 11.5 Å². The van der Waals surface area contributed by atoms with Crippen molar-refractivity contribution in [2.45, 2.75) is 19.9 Å². The summed E-state index contributed by atoms with van der Waals surface area (Å²) in [4.78, 5) is 13.0. The van der Waals surface area contributed by atoms with Crippen molar-refractivity contribution in [2.75, 3.05) is 20.7 Å². The summed E-state index contributed by atoms with van der Waals surface area (Å²) in [5, 5.41) is 8.07. The zero-order valence-electron chi connectivity index (χ0n) is 12.5. The van der Waals surface area contributed by atoms with E-state index in [1.54, 1.807) is 0 Å². The van der Waals surface area contributed by atoms with E-state index in [2.05, 4.69) is 14.9 Å². The molecule has 0 bridgehead atoms. The molecule has 0 spiro atoms. The van der Waals surface area contributed by atoms with Crippen LogP contribution in [0.3, 0.4) is 0 Å². The van der Waals surface area contributed by atoms with E-state index in [0.29, 0.717) is 31.3 Å². The van der Waals surface area contributed by atoms with Crippen molar-refractivity contribution in [2.24, 2.45) is 0 Å².